The number of aliphatic imine (C=N–C) groups is 2. The van der Waals surface area contributed by atoms with Gasteiger partial charge in [0.05, 0.1) is 34.2 Å². The quantitative estimate of drug-likeness (QED) is 0.164. The predicted molar refractivity (Wildman–Crippen MR) is 292 cm³/mol. The predicted octanol–water partition coefficient (Wildman–Crippen LogP) is 17.9. The molecule has 9 rings (SSSR count). The van der Waals surface area contributed by atoms with E-state index < -0.39 is 0 Å². The van der Waals surface area contributed by atoms with Crippen LogP contribution in [0.1, 0.15) is 154 Å². The van der Waals surface area contributed by atoms with Gasteiger partial charge < -0.3 is 0 Å². The third-order valence-corrected chi connectivity index (χ3v) is 14.3. The molecular weight excluding hydrogens is 823 g/mol. The van der Waals surface area contributed by atoms with Crippen molar-refractivity contribution in [3.8, 4) is 44.5 Å². The standard InChI is InChI=1S/C65H71N3/c1-62(2,3)48-33-25-42(26-34-48)52-19-15-20-53(43-27-35-49(36-28-43)63(4,5)6)60(52)66-56-23-13-17-46-41-47-18-14-24-57(59(47)68-58(46)56)67-61-54(44-29-37-50(38-30-44)64(7,8)9)21-16-22-55(61)45-31-39-51(40-32-45)65(10,11)12/h15-16,19-22,25-41H,13-14,17-18,23-24H2,1-12H3. The number of fused-ring (bicyclic) bond motifs is 2. The molecule has 1 aromatic heterocycles. The lowest BCUT2D eigenvalue weighted by Crippen LogP contribution is -2.21. The summed E-state index contributed by atoms with van der Waals surface area (Å²) in [5.74, 6) is 0. The Morgan fingerprint density at radius 1 is 0.338 bits per heavy atom. The SMILES string of the molecule is CC(C)(C)c1ccc(-c2cccc(-c3ccc(C(C)(C)C)cc3)c2N=C2CCCc3cc4c(nc32)C(=Nc2c(-c3ccc(C(C)(C)C)cc3)cccc2-c2ccc(C(C)(C)C)cc2)CCC4)cc1. The summed E-state index contributed by atoms with van der Waals surface area (Å²) in [5.41, 5.74) is 23.6. The largest absolute Gasteiger partial charge is 0.250 e. The Labute approximate surface area is 408 Å². The lowest BCUT2D eigenvalue weighted by molar-refractivity contribution is 0.590. The molecule has 0 bridgehead atoms. The molecule has 68 heavy (non-hydrogen) atoms. The second-order valence-electron chi connectivity index (χ2n) is 23.5. The van der Waals surface area contributed by atoms with Crippen molar-refractivity contribution in [2.75, 3.05) is 0 Å². The Hall–Kier alpha value is -6.19. The first-order valence-electron chi connectivity index (χ1n) is 25.1. The van der Waals surface area contributed by atoms with Gasteiger partial charge in [0, 0.05) is 22.3 Å². The van der Waals surface area contributed by atoms with Gasteiger partial charge in [-0.05, 0) is 116 Å². The Morgan fingerprint density at radius 2 is 0.603 bits per heavy atom. The van der Waals surface area contributed by atoms with Gasteiger partial charge in [0.1, 0.15) is 0 Å². The van der Waals surface area contributed by atoms with Crippen LogP contribution in [0.3, 0.4) is 0 Å². The number of para-hydroxylation sites is 2. The minimum absolute atomic E-state index is 0.0655. The minimum Gasteiger partial charge on any atom is -0.250 e. The maximum atomic E-state index is 5.78. The molecule has 0 fully saturated rings. The molecule has 1 heterocycles. The Bertz CT molecular complexity index is 2670. The Balaban J connectivity index is 1.20. The Kier molecular flexibility index (Phi) is 12.4. The van der Waals surface area contributed by atoms with E-state index in [0.29, 0.717) is 0 Å². The van der Waals surface area contributed by atoms with Crippen LogP contribution in [0.25, 0.3) is 44.5 Å². The zero-order valence-electron chi connectivity index (χ0n) is 42.9. The summed E-state index contributed by atoms with van der Waals surface area (Å²) >= 11 is 0. The minimum atomic E-state index is 0.0655. The van der Waals surface area contributed by atoms with Crippen molar-refractivity contribution in [1.82, 2.24) is 4.98 Å². The fourth-order valence-corrected chi connectivity index (χ4v) is 9.96. The molecule has 0 radical (unpaired) electrons. The molecule has 7 aromatic rings. The second-order valence-corrected chi connectivity index (χ2v) is 23.5. The molecule has 2 aliphatic carbocycles. The molecule has 346 valence electrons. The van der Waals surface area contributed by atoms with Crippen molar-refractivity contribution >= 4 is 22.8 Å². The van der Waals surface area contributed by atoms with Gasteiger partial charge in [0.2, 0.25) is 0 Å². The molecule has 0 amide bonds. The highest BCUT2D eigenvalue weighted by Gasteiger charge is 2.27. The van der Waals surface area contributed by atoms with Crippen molar-refractivity contribution in [1.29, 1.82) is 0 Å². The number of nitrogens with zero attached hydrogens (tertiary/aromatic N) is 3. The number of aryl methyl sites for hydroxylation is 2. The van der Waals surface area contributed by atoms with Gasteiger partial charge in [-0.2, -0.15) is 0 Å². The first-order valence-corrected chi connectivity index (χ1v) is 25.1. The van der Waals surface area contributed by atoms with E-state index in [9.17, 15) is 0 Å². The van der Waals surface area contributed by atoms with Gasteiger partial charge in [0.25, 0.3) is 0 Å². The average molecular weight is 894 g/mol. The van der Waals surface area contributed by atoms with E-state index in [1.165, 1.54) is 55.6 Å². The van der Waals surface area contributed by atoms with E-state index >= 15 is 0 Å². The summed E-state index contributed by atoms with van der Waals surface area (Å²) in [4.78, 5) is 17.3. The fraction of sp³-hybridized carbons (Fsp3) is 0.338. The van der Waals surface area contributed by atoms with E-state index in [0.717, 1.165) is 95.0 Å². The van der Waals surface area contributed by atoms with Crippen LogP contribution in [0.4, 0.5) is 11.4 Å². The summed E-state index contributed by atoms with van der Waals surface area (Å²) in [5, 5.41) is 0. The van der Waals surface area contributed by atoms with E-state index in [4.69, 9.17) is 15.0 Å². The summed E-state index contributed by atoms with van der Waals surface area (Å²) in [6.07, 6.45) is 5.83. The lowest BCUT2D eigenvalue weighted by Gasteiger charge is -2.25. The van der Waals surface area contributed by atoms with Gasteiger partial charge in [-0.25, -0.2) is 15.0 Å². The summed E-state index contributed by atoms with van der Waals surface area (Å²) in [6, 6.07) is 52.3. The molecule has 0 atom stereocenters. The monoisotopic (exact) mass is 894 g/mol. The van der Waals surface area contributed by atoms with E-state index in [1.807, 2.05) is 0 Å². The first kappa shape index (κ1) is 46.9. The van der Waals surface area contributed by atoms with Crippen LogP contribution < -0.4 is 0 Å². The molecule has 0 saturated carbocycles. The molecule has 0 unspecified atom stereocenters. The maximum Gasteiger partial charge on any atom is 0.0884 e. The molecule has 0 N–H and O–H groups in total. The second kappa shape index (κ2) is 18.0. The number of benzene rings is 6. The molecule has 0 saturated heterocycles. The number of pyridine rings is 1. The maximum absolute atomic E-state index is 5.78. The number of rotatable bonds is 6. The van der Waals surface area contributed by atoms with Crippen LogP contribution >= 0.6 is 0 Å². The molecule has 3 nitrogen and oxygen atoms in total. The molecule has 2 aliphatic rings. The summed E-state index contributed by atoms with van der Waals surface area (Å²) in [6.45, 7) is 27.3. The smallest absolute Gasteiger partial charge is 0.0884 e. The van der Waals surface area contributed by atoms with Crippen LogP contribution in [-0.2, 0) is 34.5 Å². The molecular formula is C65H71N3. The van der Waals surface area contributed by atoms with Crippen LogP contribution in [0.15, 0.2) is 150 Å². The first-order chi connectivity index (χ1) is 32.2. The lowest BCUT2D eigenvalue weighted by atomic mass is 9.85. The van der Waals surface area contributed by atoms with Crippen LogP contribution in [-0.4, -0.2) is 16.4 Å². The number of hydrogen-bond donors (Lipinski definition) is 0. The molecule has 0 spiro atoms. The zero-order valence-corrected chi connectivity index (χ0v) is 42.9. The summed E-state index contributed by atoms with van der Waals surface area (Å²) < 4.78 is 0. The Morgan fingerprint density at radius 3 is 0.853 bits per heavy atom. The highest BCUT2D eigenvalue weighted by atomic mass is 14.9. The zero-order chi connectivity index (χ0) is 48.2. The molecule has 3 heteroatoms. The third-order valence-electron chi connectivity index (χ3n) is 14.3. The molecule has 0 aliphatic heterocycles. The normalized spacial score (nSPS) is 15.6. The van der Waals surface area contributed by atoms with Crippen molar-refractivity contribution < 1.29 is 0 Å². The topological polar surface area (TPSA) is 37.6 Å². The van der Waals surface area contributed by atoms with Crippen molar-refractivity contribution in [2.24, 2.45) is 9.98 Å². The van der Waals surface area contributed by atoms with Gasteiger partial charge in [-0.15, -0.1) is 0 Å². The van der Waals surface area contributed by atoms with E-state index in [-0.39, 0.29) is 21.7 Å². The van der Waals surface area contributed by atoms with Crippen LogP contribution in [0.2, 0.25) is 0 Å². The fourth-order valence-electron chi connectivity index (χ4n) is 9.96. The average Bonchev–Trinajstić information content (AvgIpc) is 3.30. The third kappa shape index (κ3) is 9.73. The van der Waals surface area contributed by atoms with E-state index in [1.54, 1.807) is 0 Å². The highest BCUT2D eigenvalue weighted by Crippen LogP contribution is 2.44. The van der Waals surface area contributed by atoms with E-state index in [2.05, 4.69) is 223 Å². The van der Waals surface area contributed by atoms with Crippen molar-refractivity contribution in [3.63, 3.8) is 0 Å². The van der Waals surface area contributed by atoms with Crippen molar-refractivity contribution in [2.45, 2.75) is 143 Å². The van der Waals surface area contributed by atoms with Gasteiger partial charge >= 0.3 is 0 Å². The number of aromatic nitrogens is 1. The summed E-state index contributed by atoms with van der Waals surface area (Å²) in [7, 11) is 0. The van der Waals surface area contributed by atoms with Gasteiger partial charge in [-0.3, -0.25) is 0 Å². The highest BCUT2D eigenvalue weighted by molar-refractivity contribution is 6.09. The van der Waals surface area contributed by atoms with Crippen LogP contribution in [0.5, 0.6) is 0 Å². The van der Waals surface area contributed by atoms with Gasteiger partial charge in [-0.1, -0.05) is 223 Å². The van der Waals surface area contributed by atoms with Crippen molar-refractivity contribution in [3.05, 3.63) is 184 Å². The number of hydrogen-bond acceptors (Lipinski definition) is 3. The van der Waals surface area contributed by atoms with Crippen LogP contribution in [0, 0.1) is 0 Å². The van der Waals surface area contributed by atoms with Gasteiger partial charge in [0.15, 0.2) is 0 Å². The molecule has 6 aromatic carbocycles.